The third-order valence-electron chi connectivity index (χ3n) is 3.12. The van der Waals surface area contributed by atoms with Gasteiger partial charge in [0.2, 0.25) is 5.95 Å². The molecule has 2 rings (SSSR count). The monoisotopic (exact) mass is 267 g/mol. The summed E-state index contributed by atoms with van der Waals surface area (Å²) in [5.41, 5.74) is -0.182. The summed E-state index contributed by atoms with van der Waals surface area (Å²) in [5.74, 6) is 0.325. The van der Waals surface area contributed by atoms with Crippen LogP contribution >= 0.6 is 0 Å². The van der Waals surface area contributed by atoms with Gasteiger partial charge in [0.25, 0.3) is 0 Å². The second kappa shape index (κ2) is 5.56. The van der Waals surface area contributed by atoms with E-state index in [0.29, 0.717) is 12.6 Å². The molecule has 1 atom stereocenters. The number of rotatable bonds is 3. The van der Waals surface area contributed by atoms with Gasteiger partial charge in [-0.2, -0.15) is 0 Å². The number of nitrogens with zero attached hydrogens (tertiary/aromatic N) is 3. The molecule has 19 heavy (non-hydrogen) atoms. The summed E-state index contributed by atoms with van der Waals surface area (Å²) in [6.45, 7) is 7.42. The molecular formula is C12H21N5O2. The molecule has 7 heteroatoms. The van der Waals surface area contributed by atoms with E-state index in [1.807, 2.05) is 20.8 Å². The number of hydrogen-bond donors (Lipinski definition) is 2. The maximum absolute atomic E-state index is 11.8. The van der Waals surface area contributed by atoms with Crippen LogP contribution in [0.2, 0.25) is 0 Å². The lowest BCUT2D eigenvalue weighted by atomic mass is 9.94. The van der Waals surface area contributed by atoms with E-state index in [0.717, 1.165) is 19.4 Å². The molecule has 0 saturated carbocycles. The number of aryl methyl sites for hydroxylation is 1. The predicted octanol–water partition coefficient (Wildman–Crippen LogP) is 1.38. The van der Waals surface area contributed by atoms with Crippen molar-refractivity contribution in [2.24, 2.45) is 0 Å². The Labute approximate surface area is 112 Å². The molecule has 0 spiro atoms. The average molecular weight is 267 g/mol. The fourth-order valence-electron chi connectivity index (χ4n) is 2.18. The van der Waals surface area contributed by atoms with E-state index in [4.69, 9.17) is 4.74 Å². The highest BCUT2D eigenvalue weighted by Crippen LogP contribution is 2.23. The summed E-state index contributed by atoms with van der Waals surface area (Å²) in [6.07, 6.45) is 3.22. The second-order valence-electron chi connectivity index (χ2n) is 5.32. The highest BCUT2D eigenvalue weighted by Gasteiger charge is 2.29. The van der Waals surface area contributed by atoms with Gasteiger partial charge in [-0.1, -0.05) is 0 Å². The number of amides is 2. The van der Waals surface area contributed by atoms with Crippen molar-refractivity contribution in [1.29, 1.82) is 0 Å². The van der Waals surface area contributed by atoms with E-state index in [1.165, 1.54) is 0 Å². The minimum atomic E-state index is -0.267. The molecular weight excluding hydrogens is 246 g/mol. The molecule has 1 fully saturated rings. The molecule has 0 aliphatic carbocycles. The van der Waals surface area contributed by atoms with Crippen molar-refractivity contribution in [3.8, 4) is 0 Å². The Kier molecular flexibility index (Phi) is 4.04. The number of ether oxygens (including phenoxy) is 1. The van der Waals surface area contributed by atoms with Crippen LogP contribution < -0.4 is 10.6 Å². The van der Waals surface area contributed by atoms with E-state index in [2.05, 4.69) is 20.7 Å². The Morgan fingerprint density at radius 3 is 3.05 bits per heavy atom. The molecule has 1 aromatic rings. The van der Waals surface area contributed by atoms with Crippen molar-refractivity contribution in [1.82, 2.24) is 20.1 Å². The van der Waals surface area contributed by atoms with E-state index >= 15 is 0 Å². The molecule has 0 bridgehead atoms. The van der Waals surface area contributed by atoms with E-state index in [1.54, 1.807) is 11.0 Å². The fraction of sp³-hybridized carbons (Fsp3) is 0.750. The first-order valence-electron chi connectivity index (χ1n) is 6.59. The number of aromatic nitrogens is 3. The molecule has 1 saturated heterocycles. The van der Waals surface area contributed by atoms with Gasteiger partial charge < -0.3 is 10.1 Å². The largest absolute Gasteiger partial charge is 0.375 e. The lowest BCUT2D eigenvalue weighted by molar-refractivity contribution is -0.0609. The number of carbonyl (C=O) groups excluding carboxylic acids is 1. The van der Waals surface area contributed by atoms with Crippen LogP contribution in [0, 0.1) is 0 Å². The van der Waals surface area contributed by atoms with Crippen molar-refractivity contribution in [3.63, 3.8) is 0 Å². The van der Waals surface area contributed by atoms with Gasteiger partial charge >= 0.3 is 6.03 Å². The minimum absolute atomic E-state index is 0.122. The molecule has 0 radical (unpaired) electrons. The van der Waals surface area contributed by atoms with Crippen LogP contribution in [0.1, 0.15) is 33.6 Å². The van der Waals surface area contributed by atoms with Gasteiger partial charge in [-0.05, 0) is 33.6 Å². The molecule has 1 aliphatic heterocycles. The van der Waals surface area contributed by atoms with Gasteiger partial charge in [0, 0.05) is 19.2 Å². The Balaban J connectivity index is 1.84. The van der Waals surface area contributed by atoms with Crippen molar-refractivity contribution in [2.45, 2.75) is 51.8 Å². The number of anilines is 1. The first-order chi connectivity index (χ1) is 8.98. The van der Waals surface area contributed by atoms with Gasteiger partial charge in [0.15, 0.2) is 0 Å². The van der Waals surface area contributed by atoms with Crippen LogP contribution in [0.3, 0.4) is 0 Å². The lowest BCUT2D eigenvalue weighted by Crippen LogP contribution is -2.47. The SMILES string of the molecule is CCn1cnc(NC(=O)N[C@H]2CCOC(C)(C)C2)n1. The maximum Gasteiger partial charge on any atom is 0.321 e. The average Bonchev–Trinajstić information content (AvgIpc) is 2.75. The Bertz CT molecular complexity index is 443. The summed E-state index contributed by atoms with van der Waals surface area (Å²) in [7, 11) is 0. The van der Waals surface area contributed by atoms with Crippen LogP contribution in [0.5, 0.6) is 0 Å². The summed E-state index contributed by atoms with van der Waals surface area (Å²) in [4.78, 5) is 15.8. The van der Waals surface area contributed by atoms with Gasteiger partial charge in [0.1, 0.15) is 6.33 Å². The van der Waals surface area contributed by atoms with Crippen molar-refractivity contribution >= 4 is 12.0 Å². The van der Waals surface area contributed by atoms with Crippen LogP contribution in [-0.2, 0) is 11.3 Å². The van der Waals surface area contributed by atoms with Gasteiger partial charge in [-0.25, -0.2) is 9.78 Å². The van der Waals surface area contributed by atoms with Crippen LogP contribution in [0.15, 0.2) is 6.33 Å². The van der Waals surface area contributed by atoms with Gasteiger partial charge in [0.05, 0.1) is 5.60 Å². The molecule has 0 aromatic carbocycles. The fourth-order valence-corrected chi connectivity index (χ4v) is 2.18. The van der Waals surface area contributed by atoms with Crippen molar-refractivity contribution in [3.05, 3.63) is 6.33 Å². The van der Waals surface area contributed by atoms with Crippen LogP contribution in [0.4, 0.5) is 10.7 Å². The highest BCUT2D eigenvalue weighted by molar-refractivity contribution is 5.87. The number of carbonyl (C=O) groups is 1. The number of hydrogen-bond acceptors (Lipinski definition) is 4. The number of urea groups is 1. The topological polar surface area (TPSA) is 81.1 Å². The van der Waals surface area contributed by atoms with Crippen LogP contribution in [-0.4, -0.2) is 39.0 Å². The summed E-state index contributed by atoms with van der Waals surface area (Å²) in [6, 6.07) is -0.145. The Morgan fingerprint density at radius 2 is 2.42 bits per heavy atom. The quantitative estimate of drug-likeness (QED) is 0.867. The van der Waals surface area contributed by atoms with E-state index in [-0.39, 0.29) is 17.7 Å². The van der Waals surface area contributed by atoms with Crippen molar-refractivity contribution < 1.29 is 9.53 Å². The summed E-state index contributed by atoms with van der Waals surface area (Å²) >= 11 is 0. The predicted molar refractivity (Wildman–Crippen MR) is 70.9 cm³/mol. The molecule has 2 N–H and O–H groups in total. The first-order valence-corrected chi connectivity index (χ1v) is 6.59. The standard InChI is InChI=1S/C12H21N5O2/c1-4-17-8-13-10(16-17)15-11(18)14-9-5-6-19-12(2,3)7-9/h8-9H,4-7H2,1-3H3,(H2,14,15,16,18)/t9-/m0/s1. The zero-order valence-corrected chi connectivity index (χ0v) is 11.6. The molecule has 2 heterocycles. The Morgan fingerprint density at radius 1 is 1.63 bits per heavy atom. The summed E-state index contributed by atoms with van der Waals surface area (Å²) < 4.78 is 7.27. The minimum Gasteiger partial charge on any atom is -0.375 e. The zero-order valence-electron chi connectivity index (χ0n) is 11.6. The molecule has 0 unspecified atom stereocenters. The Hall–Kier alpha value is -1.63. The maximum atomic E-state index is 11.8. The van der Waals surface area contributed by atoms with Crippen LogP contribution in [0.25, 0.3) is 0 Å². The molecule has 7 nitrogen and oxygen atoms in total. The molecule has 1 aliphatic rings. The highest BCUT2D eigenvalue weighted by atomic mass is 16.5. The zero-order chi connectivity index (χ0) is 13.9. The van der Waals surface area contributed by atoms with E-state index < -0.39 is 0 Å². The first kappa shape index (κ1) is 13.8. The molecule has 1 aromatic heterocycles. The second-order valence-corrected chi connectivity index (χ2v) is 5.32. The van der Waals surface area contributed by atoms with E-state index in [9.17, 15) is 4.79 Å². The molecule has 106 valence electrons. The third-order valence-corrected chi connectivity index (χ3v) is 3.12. The van der Waals surface area contributed by atoms with Gasteiger partial charge in [-0.15, -0.1) is 5.10 Å². The van der Waals surface area contributed by atoms with Gasteiger partial charge in [-0.3, -0.25) is 10.00 Å². The third kappa shape index (κ3) is 3.92. The van der Waals surface area contributed by atoms with Crippen molar-refractivity contribution in [2.75, 3.05) is 11.9 Å². The number of nitrogens with one attached hydrogen (secondary N) is 2. The summed E-state index contributed by atoms with van der Waals surface area (Å²) in [5, 5.41) is 9.67. The smallest absolute Gasteiger partial charge is 0.321 e. The normalized spacial score (nSPS) is 21.9. The lowest BCUT2D eigenvalue weighted by Gasteiger charge is -2.35. The molecule has 2 amide bonds.